The number of carbonyl (C=O) groups is 2. The molecule has 124 valence electrons. The Morgan fingerprint density at radius 2 is 1.92 bits per heavy atom. The van der Waals surface area contributed by atoms with Crippen molar-refractivity contribution >= 4 is 22.9 Å². The van der Waals surface area contributed by atoms with Crippen LogP contribution in [-0.2, 0) is 16.1 Å². The van der Waals surface area contributed by atoms with Crippen LogP contribution in [0.2, 0.25) is 0 Å². The van der Waals surface area contributed by atoms with Crippen LogP contribution in [0, 0.1) is 0 Å². The van der Waals surface area contributed by atoms with Gasteiger partial charge in [-0.3, -0.25) is 9.59 Å². The molecule has 2 heterocycles. The molecule has 0 radical (unpaired) electrons. The molecule has 0 saturated carbocycles. The van der Waals surface area contributed by atoms with Crippen LogP contribution >= 0.6 is 11.3 Å². The molecule has 1 aliphatic rings. The maximum absolute atomic E-state index is 12.9. The summed E-state index contributed by atoms with van der Waals surface area (Å²) in [6.45, 7) is 3.72. The van der Waals surface area contributed by atoms with Crippen LogP contribution in [-0.4, -0.2) is 17.7 Å². The Labute approximate surface area is 144 Å². The molecule has 0 amide bonds. The van der Waals surface area contributed by atoms with Crippen molar-refractivity contribution in [1.82, 2.24) is 0 Å². The fraction of sp³-hybridized carbons (Fsp3) is 0.263. The lowest BCUT2D eigenvalue weighted by Crippen LogP contribution is -2.28. The maximum Gasteiger partial charge on any atom is 0.214 e. The van der Waals surface area contributed by atoms with Crippen molar-refractivity contribution in [2.75, 3.05) is 0 Å². The van der Waals surface area contributed by atoms with Crippen LogP contribution in [0.15, 0.2) is 53.1 Å². The first-order chi connectivity index (χ1) is 11.5. The number of hydrogen-bond acceptors (Lipinski definition) is 5. The summed E-state index contributed by atoms with van der Waals surface area (Å²) >= 11 is 1.38. The number of ether oxygens (including phenoxy) is 1. The monoisotopic (exact) mass is 341 g/mol. The van der Waals surface area contributed by atoms with Gasteiger partial charge in [0.2, 0.25) is 5.78 Å². The van der Waals surface area contributed by atoms with E-state index in [0.717, 1.165) is 11.1 Å². The highest BCUT2D eigenvalue weighted by Crippen LogP contribution is 2.41. The molecule has 1 aromatic heterocycles. The van der Waals surface area contributed by atoms with Gasteiger partial charge in [0.1, 0.15) is 5.76 Å². The lowest BCUT2D eigenvalue weighted by molar-refractivity contribution is -0.113. The summed E-state index contributed by atoms with van der Waals surface area (Å²) in [6, 6.07) is 11.3. The third-order valence-corrected chi connectivity index (χ3v) is 5.16. The Morgan fingerprint density at radius 3 is 2.46 bits per heavy atom. The van der Waals surface area contributed by atoms with E-state index in [0.29, 0.717) is 22.8 Å². The van der Waals surface area contributed by atoms with Crippen molar-refractivity contribution < 1.29 is 14.3 Å². The van der Waals surface area contributed by atoms with Gasteiger partial charge in [-0.2, -0.15) is 0 Å². The van der Waals surface area contributed by atoms with Crippen molar-refractivity contribution in [3.63, 3.8) is 0 Å². The number of nitrogens with two attached hydrogens (primary N) is 1. The van der Waals surface area contributed by atoms with Crippen LogP contribution in [0.25, 0.3) is 0 Å². The smallest absolute Gasteiger partial charge is 0.214 e. The molecule has 2 atom stereocenters. The Bertz CT molecular complexity index is 791. The third kappa shape index (κ3) is 2.92. The highest BCUT2D eigenvalue weighted by atomic mass is 32.1. The summed E-state index contributed by atoms with van der Waals surface area (Å²) in [7, 11) is 0. The summed E-state index contributed by atoms with van der Waals surface area (Å²) < 4.78 is 5.84. The predicted octanol–water partition coefficient (Wildman–Crippen LogP) is 3.44. The van der Waals surface area contributed by atoms with E-state index in [-0.39, 0.29) is 17.5 Å². The van der Waals surface area contributed by atoms with E-state index in [1.165, 1.54) is 18.3 Å². The van der Waals surface area contributed by atoms with Gasteiger partial charge in [0.05, 0.1) is 10.8 Å². The first kappa shape index (κ1) is 16.6. The SMILES string of the molecule is CC(=O)C1=C(C)OC(C(=O)c2cccs2)C1c1ccc(CN)cc1. The van der Waals surface area contributed by atoms with E-state index in [1.807, 2.05) is 35.7 Å². The number of Topliss-reactive ketones (excluding diaryl/α,β-unsaturated/α-hetero) is 2. The lowest BCUT2D eigenvalue weighted by atomic mass is 9.83. The molecule has 1 aliphatic heterocycles. The highest BCUT2D eigenvalue weighted by molar-refractivity contribution is 7.12. The molecule has 0 spiro atoms. The summed E-state index contributed by atoms with van der Waals surface area (Å²) in [4.78, 5) is 25.6. The minimum absolute atomic E-state index is 0.0677. The fourth-order valence-electron chi connectivity index (χ4n) is 3.13. The van der Waals surface area contributed by atoms with Gasteiger partial charge >= 0.3 is 0 Å². The second-order valence-corrected chi connectivity index (χ2v) is 6.78. The zero-order valence-electron chi connectivity index (χ0n) is 13.6. The molecule has 2 N–H and O–H groups in total. The molecule has 5 heteroatoms. The molecule has 0 fully saturated rings. The van der Waals surface area contributed by atoms with Crippen LogP contribution in [0.1, 0.15) is 40.6 Å². The van der Waals surface area contributed by atoms with Gasteiger partial charge in [0, 0.05) is 12.1 Å². The Hall–Kier alpha value is -2.24. The maximum atomic E-state index is 12.9. The molecule has 0 saturated heterocycles. The van der Waals surface area contributed by atoms with Crippen molar-refractivity contribution in [2.45, 2.75) is 32.4 Å². The zero-order valence-corrected chi connectivity index (χ0v) is 14.4. The van der Waals surface area contributed by atoms with E-state index < -0.39 is 6.10 Å². The molecular formula is C19H19NO3S. The largest absolute Gasteiger partial charge is 0.485 e. The molecule has 3 rings (SSSR count). The predicted molar refractivity (Wildman–Crippen MR) is 94.0 cm³/mol. The topological polar surface area (TPSA) is 69.4 Å². The lowest BCUT2D eigenvalue weighted by Gasteiger charge is -2.20. The van der Waals surface area contributed by atoms with E-state index in [9.17, 15) is 9.59 Å². The zero-order chi connectivity index (χ0) is 17.3. The van der Waals surface area contributed by atoms with Crippen molar-refractivity contribution in [3.05, 3.63) is 69.1 Å². The molecule has 2 aromatic rings. The quantitative estimate of drug-likeness (QED) is 0.846. The molecular weight excluding hydrogens is 322 g/mol. The van der Waals surface area contributed by atoms with Crippen LogP contribution in [0.4, 0.5) is 0 Å². The summed E-state index contributed by atoms with van der Waals surface area (Å²) in [6.07, 6.45) is -0.703. The number of rotatable bonds is 5. The minimum Gasteiger partial charge on any atom is -0.485 e. The van der Waals surface area contributed by atoms with Crippen molar-refractivity contribution in [2.24, 2.45) is 5.73 Å². The second-order valence-electron chi connectivity index (χ2n) is 5.83. The summed E-state index contributed by atoms with van der Waals surface area (Å²) in [5.74, 6) is -0.00962. The number of thiophene rings is 1. The Balaban J connectivity index is 2.03. The molecule has 1 aromatic carbocycles. The number of carbonyl (C=O) groups excluding carboxylic acids is 2. The molecule has 2 unspecified atom stereocenters. The van der Waals surface area contributed by atoms with Gasteiger partial charge in [-0.25, -0.2) is 0 Å². The second kappa shape index (κ2) is 6.71. The fourth-order valence-corrected chi connectivity index (χ4v) is 3.82. The van der Waals surface area contributed by atoms with Gasteiger partial charge in [-0.1, -0.05) is 30.3 Å². The van der Waals surface area contributed by atoms with Crippen LogP contribution in [0.3, 0.4) is 0 Å². The Morgan fingerprint density at radius 1 is 1.21 bits per heavy atom. The van der Waals surface area contributed by atoms with Gasteiger partial charge < -0.3 is 10.5 Å². The van der Waals surface area contributed by atoms with Crippen LogP contribution in [0.5, 0.6) is 0 Å². The molecule has 24 heavy (non-hydrogen) atoms. The molecule has 0 aliphatic carbocycles. The number of benzene rings is 1. The van der Waals surface area contributed by atoms with Gasteiger partial charge in [-0.15, -0.1) is 11.3 Å². The van der Waals surface area contributed by atoms with E-state index in [2.05, 4.69) is 0 Å². The van der Waals surface area contributed by atoms with E-state index >= 15 is 0 Å². The third-order valence-electron chi connectivity index (χ3n) is 4.27. The number of allylic oxidation sites excluding steroid dienone is 1. The standard InChI is InChI=1S/C19H19NO3S/c1-11(21)16-12(2)23-19(18(22)15-4-3-9-24-15)17(16)14-7-5-13(10-20)6-8-14/h3-9,17,19H,10,20H2,1-2H3. The van der Waals surface area contributed by atoms with Gasteiger partial charge in [0.15, 0.2) is 11.9 Å². The summed E-state index contributed by atoms with van der Waals surface area (Å²) in [5.41, 5.74) is 8.12. The van der Waals surface area contributed by atoms with E-state index in [1.54, 1.807) is 13.0 Å². The average Bonchev–Trinajstić information content (AvgIpc) is 3.22. The van der Waals surface area contributed by atoms with Crippen LogP contribution < -0.4 is 5.73 Å². The van der Waals surface area contributed by atoms with Crippen molar-refractivity contribution in [3.8, 4) is 0 Å². The first-order valence-corrected chi connectivity index (χ1v) is 8.66. The first-order valence-electron chi connectivity index (χ1n) is 7.78. The van der Waals surface area contributed by atoms with Gasteiger partial charge in [-0.05, 0) is 36.4 Å². The Kier molecular flexibility index (Phi) is 4.64. The molecule has 0 bridgehead atoms. The average molecular weight is 341 g/mol. The van der Waals surface area contributed by atoms with Crippen molar-refractivity contribution in [1.29, 1.82) is 0 Å². The number of ketones is 2. The minimum atomic E-state index is -0.703. The molecule has 4 nitrogen and oxygen atoms in total. The normalized spacial score (nSPS) is 20.1. The van der Waals surface area contributed by atoms with Gasteiger partial charge in [0.25, 0.3) is 0 Å². The summed E-state index contributed by atoms with van der Waals surface area (Å²) in [5, 5.41) is 1.86. The van der Waals surface area contributed by atoms with E-state index in [4.69, 9.17) is 10.5 Å². The highest BCUT2D eigenvalue weighted by Gasteiger charge is 2.43. The number of hydrogen-bond donors (Lipinski definition) is 1.